The summed E-state index contributed by atoms with van der Waals surface area (Å²) in [6.45, 7) is 1.96. The van der Waals surface area contributed by atoms with Gasteiger partial charge in [0.25, 0.3) is 0 Å². The van der Waals surface area contributed by atoms with Gasteiger partial charge >= 0.3 is 5.97 Å². The molecule has 0 fully saturated rings. The van der Waals surface area contributed by atoms with Crippen LogP contribution in [0, 0.1) is 6.92 Å². The first-order valence-electron chi connectivity index (χ1n) is 5.86. The van der Waals surface area contributed by atoms with E-state index in [1.807, 2.05) is 12.3 Å². The Morgan fingerprint density at radius 1 is 1.30 bits per heavy atom. The lowest BCUT2D eigenvalue weighted by Gasteiger charge is -2.07. The number of carbonyl (C=O) groups is 1. The number of nitrogens with zero attached hydrogens (tertiary/aromatic N) is 2. The Morgan fingerprint density at radius 3 is 2.90 bits per heavy atom. The zero-order valence-corrected chi connectivity index (χ0v) is 11.3. The van der Waals surface area contributed by atoms with Crippen LogP contribution in [0.2, 0.25) is 0 Å². The van der Waals surface area contributed by atoms with Crippen molar-refractivity contribution in [2.45, 2.75) is 6.92 Å². The number of para-hydroxylation sites is 1. The minimum Gasteiger partial charge on any atom is -0.478 e. The van der Waals surface area contributed by atoms with Crippen molar-refractivity contribution in [3.05, 3.63) is 47.1 Å². The molecule has 0 saturated carbocycles. The number of rotatable bonds is 3. The van der Waals surface area contributed by atoms with E-state index in [1.54, 1.807) is 18.2 Å². The van der Waals surface area contributed by atoms with Crippen LogP contribution in [0.25, 0.3) is 10.2 Å². The van der Waals surface area contributed by atoms with E-state index in [2.05, 4.69) is 9.97 Å². The summed E-state index contributed by atoms with van der Waals surface area (Å²) >= 11 is 1.48. The van der Waals surface area contributed by atoms with Gasteiger partial charge in [-0.25, -0.2) is 14.8 Å². The van der Waals surface area contributed by atoms with Crippen molar-refractivity contribution in [2.24, 2.45) is 0 Å². The second-order valence-electron chi connectivity index (χ2n) is 4.18. The summed E-state index contributed by atoms with van der Waals surface area (Å²) < 4.78 is 6.49. The molecule has 0 aliphatic carbocycles. The maximum absolute atomic E-state index is 11.2. The predicted molar refractivity (Wildman–Crippen MR) is 75.6 cm³/mol. The first kappa shape index (κ1) is 12.6. The maximum atomic E-state index is 11.2. The number of ether oxygens (including phenoxy) is 1. The van der Waals surface area contributed by atoms with Gasteiger partial charge in [-0.2, -0.15) is 0 Å². The SMILES string of the molecule is Cc1csc2c(Oc3ccccc3C(=O)O)ncnc12. The van der Waals surface area contributed by atoms with Gasteiger partial charge in [-0.15, -0.1) is 11.3 Å². The minimum absolute atomic E-state index is 0.104. The third kappa shape index (κ3) is 2.10. The number of hydrogen-bond acceptors (Lipinski definition) is 5. The zero-order valence-electron chi connectivity index (χ0n) is 10.5. The number of fused-ring (bicyclic) bond motifs is 1. The molecule has 0 saturated heterocycles. The lowest BCUT2D eigenvalue weighted by atomic mass is 10.2. The minimum atomic E-state index is -1.03. The summed E-state index contributed by atoms with van der Waals surface area (Å²) in [5.74, 6) is -0.388. The maximum Gasteiger partial charge on any atom is 0.339 e. The van der Waals surface area contributed by atoms with E-state index in [0.29, 0.717) is 5.88 Å². The number of thiophene rings is 1. The van der Waals surface area contributed by atoms with Crippen molar-refractivity contribution < 1.29 is 14.6 Å². The molecule has 3 rings (SSSR count). The molecule has 0 aliphatic rings. The third-order valence-corrected chi connectivity index (χ3v) is 3.90. The molecule has 0 bridgehead atoms. The molecule has 0 aliphatic heterocycles. The highest BCUT2D eigenvalue weighted by Gasteiger charge is 2.14. The highest BCUT2D eigenvalue weighted by Crippen LogP contribution is 2.33. The van der Waals surface area contributed by atoms with E-state index in [0.717, 1.165) is 15.8 Å². The number of aromatic carboxylic acids is 1. The van der Waals surface area contributed by atoms with Gasteiger partial charge in [0.1, 0.15) is 22.3 Å². The molecule has 3 aromatic rings. The van der Waals surface area contributed by atoms with Gasteiger partial charge in [0.15, 0.2) is 0 Å². The second kappa shape index (κ2) is 4.90. The van der Waals surface area contributed by atoms with Gasteiger partial charge in [-0.3, -0.25) is 0 Å². The van der Waals surface area contributed by atoms with E-state index in [4.69, 9.17) is 9.84 Å². The summed E-state index contributed by atoms with van der Waals surface area (Å²) in [5, 5.41) is 11.1. The van der Waals surface area contributed by atoms with E-state index < -0.39 is 5.97 Å². The van der Waals surface area contributed by atoms with Gasteiger partial charge in [-0.1, -0.05) is 12.1 Å². The Morgan fingerprint density at radius 2 is 2.10 bits per heavy atom. The molecule has 0 atom stereocenters. The van der Waals surface area contributed by atoms with Gasteiger partial charge in [0.2, 0.25) is 5.88 Å². The topological polar surface area (TPSA) is 72.3 Å². The average molecular weight is 286 g/mol. The van der Waals surface area contributed by atoms with Gasteiger partial charge in [0, 0.05) is 0 Å². The summed E-state index contributed by atoms with van der Waals surface area (Å²) in [6.07, 6.45) is 1.42. The fourth-order valence-electron chi connectivity index (χ4n) is 1.86. The van der Waals surface area contributed by atoms with Crippen LogP contribution < -0.4 is 4.74 Å². The van der Waals surface area contributed by atoms with Crippen molar-refractivity contribution in [3.63, 3.8) is 0 Å². The fraction of sp³-hybridized carbons (Fsp3) is 0.0714. The summed E-state index contributed by atoms with van der Waals surface area (Å²) in [4.78, 5) is 19.5. The average Bonchev–Trinajstić information content (AvgIpc) is 2.82. The van der Waals surface area contributed by atoms with Crippen LogP contribution in [-0.4, -0.2) is 21.0 Å². The molecule has 0 unspecified atom stereocenters. The van der Waals surface area contributed by atoms with Crippen molar-refractivity contribution in [1.29, 1.82) is 0 Å². The van der Waals surface area contributed by atoms with Crippen LogP contribution in [0.5, 0.6) is 11.6 Å². The first-order valence-corrected chi connectivity index (χ1v) is 6.74. The molecule has 0 spiro atoms. The fourth-order valence-corrected chi connectivity index (χ4v) is 2.78. The number of hydrogen-bond donors (Lipinski definition) is 1. The van der Waals surface area contributed by atoms with Crippen LogP contribution in [0.4, 0.5) is 0 Å². The van der Waals surface area contributed by atoms with Gasteiger partial charge in [0.05, 0.1) is 5.52 Å². The molecule has 100 valence electrons. The van der Waals surface area contributed by atoms with E-state index in [1.165, 1.54) is 23.7 Å². The molecule has 2 heterocycles. The lowest BCUT2D eigenvalue weighted by Crippen LogP contribution is -2.00. The Kier molecular flexibility index (Phi) is 3.08. The standard InChI is InChI=1S/C14H10N2O3S/c1-8-6-20-12-11(8)15-7-16-13(12)19-10-5-3-2-4-9(10)14(17)18/h2-7H,1H3,(H,17,18). The largest absolute Gasteiger partial charge is 0.478 e. The molecule has 2 aromatic heterocycles. The van der Waals surface area contributed by atoms with Crippen LogP contribution in [-0.2, 0) is 0 Å². The van der Waals surface area contributed by atoms with Crippen molar-refractivity contribution >= 4 is 27.5 Å². The van der Waals surface area contributed by atoms with Crippen LogP contribution in [0.1, 0.15) is 15.9 Å². The zero-order chi connectivity index (χ0) is 14.1. The smallest absolute Gasteiger partial charge is 0.339 e. The molecular formula is C14H10N2O3S. The molecule has 1 aromatic carbocycles. The second-order valence-corrected chi connectivity index (χ2v) is 5.06. The predicted octanol–water partition coefficient (Wildman–Crippen LogP) is 3.49. The number of carboxylic acid groups (broad SMARTS) is 1. The first-order chi connectivity index (χ1) is 9.66. The Bertz CT molecular complexity index is 798. The van der Waals surface area contributed by atoms with E-state index in [-0.39, 0.29) is 11.3 Å². The van der Waals surface area contributed by atoms with Crippen molar-refractivity contribution in [3.8, 4) is 11.6 Å². The normalized spacial score (nSPS) is 10.7. The lowest BCUT2D eigenvalue weighted by molar-refractivity contribution is 0.0694. The summed E-state index contributed by atoms with van der Waals surface area (Å²) in [6, 6.07) is 6.48. The molecule has 0 radical (unpaired) electrons. The van der Waals surface area contributed by atoms with Crippen LogP contribution in [0.3, 0.4) is 0 Å². The molecule has 1 N–H and O–H groups in total. The van der Waals surface area contributed by atoms with Gasteiger partial charge in [-0.05, 0) is 30.0 Å². The Hall–Kier alpha value is -2.47. The third-order valence-electron chi connectivity index (χ3n) is 2.82. The molecule has 0 amide bonds. The highest BCUT2D eigenvalue weighted by molar-refractivity contribution is 7.17. The number of aromatic nitrogens is 2. The quantitative estimate of drug-likeness (QED) is 0.798. The van der Waals surface area contributed by atoms with Crippen LogP contribution in [0.15, 0.2) is 36.0 Å². The summed E-state index contributed by atoms with van der Waals surface area (Å²) in [5.41, 5.74) is 1.98. The van der Waals surface area contributed by atoms with Gasteiger partial charge < -0.3 is 9.84 Å². The molecule has 5 nitrogen and oxygen atoms in total. The van der Waals surface area contributed by atoms with Crippen molar-refractivity contribution in [2.75, 3.05) is 0 Å². The monoisotopic (exact) mass is 286 g/mol. The molecular weight excluding hydrogens is 276 g/mol. The molecule has 6 heteroatoms. The number of benzene rings is 1. The van der Waals surface area contributed by atoms with Crippen LogP contribution >= 0.6 is 11.3 Å². The summed E-state index contributed by atoms with van der Waals surface area (Å²) in [7, 11) is 0. The van der Waals surface area contributed by atoms with E-state index in [9.17, 15) is 4.79 Å². The Labute approximate surface area is 118 Å². The number of carboxylic acids is 1. The molecule has 20 heavy (non-hydrogen) atoms. The van der Waals surface area contributed by atoms with E-state index >= 15 is 0 Å². The van der Waals surface area contributed by atoms with Crippen molar-refractivity contribution in [1.82, 2.24) is 9.97 Å². The highest BCUT2D eigenvalue weighted by atomic mass is 32.1. The Balaban J connectivity index is 2.08. The number of aryl methyl sites for hydroxylation is 1.